The molecule has 0 fully saturated rings. The molecule has 0 saturated carbocycles. The van der Waals surface area contributed by atoms with Gasteiger partial charge in [-0.1, -0.05) is 0 Å². The number of rotatable bonds is 6. The van der Waals surface area contributed by atoms with Gasteiger partial charge in [0, 0.05) is 7.05 Å². The number of hydrogen-bond donors (Lipinski definition) is 2. The minimum atomic E-state index is -0.526. The maximum atomic E-state index is 10.7. The van der Waals surface area contributed by atoms with E-state index >= 15 is 0 Å². The van der Waals surface area contributed by atoms with Crippen LogP contribution in [0.25, 0.3) is 0 Å². The number of aliphatic hydroxyl groups excluding tert-OH is 1. The Balaban J connectivity index is 3.40. The number of nitrogens with one attached hydrogen (secondary N) is 1. The molecule has 6 heteroatoms. The Morgan fingerprint density at radius 2 is 1.92 bits per heavy atom. The van der Waals surface area contributed by atoms with Gasteiger partial charge < -0.3 is 14.7 Å². The summed E-state index contributed by atoms with van der Waals surface area (Å²) in [4.78, 5) is 25.8. The molecule has 0 bridgehead atoms. The Hall–Kier alpha value is -1.14. The van der Waals surface area contributed by atoms with E-state index in [4.69, 9.17) is 5.11 Å². The Morgan fingerprint density at radius 1 is 1.31 bits per heavy atom. The van der Waals surface area contributed by atoms with Crippen molar-refractivity contribution in [2.75, 3.05) is 20.3 Å². The Kier molecular flexibility index (Phi) is 6.85. The third-order valence-electron chi connectivity index (χ3n) is 1.10. The molecule has 0 amide bonds. The van der Waals surface area contributed by atoms with Crippen LogP contribution in [0.4, 0.5) is 0 Å². The minimum Gasteiger partial charge on any atom is -0.463 e. The maximum absolute atomic E-state index is 10.7. The van der Waals surface area contributed by atoms with Crippen LogP contribution in [-0.4, -0.2) is 37.3 Å². The Bertz CT molecular complexity index is 170. The third-order valence-corrected chi connectivity index (χ3v) is 1.10. The molecule has 0 saturated heterocycles. The molecule has 0 atom stereocenters. The highest BCUT2D eigenvalue weighted by Crippen LogP contribution is 1.94. The second kappa shape index (κ2) is 7.51. The molecule has 0 spiro atoms. The second-order valence-corrected chi connectivity index (χ2v) is 2.12. The summed E-state index contributed by atoms with van der Waals surface area (Å²) in [6, 6.07) is 0. The van der Waals surface area contributed by atoms with Crippen molar-refractivity contribution in [3.63, 3.8) is 0 Å². The molecule has 0 aliphatic heterocycles. The Labute approximate surface area is 75.8 Å². The van der Waals surface area contributed by atoms with Crippen LogP contribution in [0.5, 0.6) is 0 Å². The molecular weight excluding hydrogens is 178 g/mol. The molecule has 0 radical (unpaired) electrons. The van der Waals surface area contributed by atoms with Gasteiger partial charge in [-0.15, -0.1) is 0 Å². The van der Waals surface area contributed by atoms with E-state index in [2.05, 4.69) is 15.1 Å². The van der Waals surface area contributed by atoms with E-state index in [-0.39, 0.29) is 26.1 Å². The minimum absolute atomic E-state index is 0.0366. The van der Waals surface area contributed by atoms with E-state index < -0.39 is 11.9 Å². The molecule has 0 heterocycles. The summed E-state index contributed by atoms with van der Waals surface area (Å²) in [7, 11) is 1.45. The fraction of sp³-hybridized carbons (Fsp3) is 0.714. The number of hydrogen-bond acceptors (Lipinski definition) is 6. The van der Waals surface area contributed by atoms with Crippen LogP contribution < -0.4 is 5.48 Å². The lowest BCUT2D eigenvalue weighted by Crippen LogP contribution is -2.17. The van der Waals surface area contributed by atoms with Crippen LogP contribution in [0.2, 0.25) is 0 Å². The van der Waals surface area contributed by atoms with Gasteiger partial charge in [0.25, 0.3) is 0 Å². The monoisotopic (exact) mass is 191 g/mol. The molecule has 76 valence electrons. The molecule has 13 heavy (non-hydrogen) atoms. The van der Waals surface area contributed by atoms with Crippen molar-refractivity contribution in [3.8, 4) is 0 Å². The molecule has 0 aromatic carbocycles. The number of carbonyl (C=O) groups excluding carboxylic acids is 2. The molecule has 2 N–H and O–H groups in total. The quantitative estimate of drug-likeness (QED) is 0.413. The first kappa shape index (κ1) is 11.9. The zero-order valence-electron chi connectivity index (χ0n) is 7.41. The number of esters is 1. The number of carbonyl (C=O) groups is 2. The molecule has 0 aliphatic rings. The third kappa shape index (κ3) is 7.23. The number of ether oxygens (including phenoxy) is 1. The van der Waals surface area contributed by atoms with Crippen LogP contribution >= 0.6 is 0 Å². The zero-order valence-corrected chi connectivity index (χ0v) is 7.41. The Morgan fingerprint density at radius 3 is 2.46 bits per heavy atom. The van der Waals surface area contributed by atoms with Crippen molar-refractivity contribution in [2.45, 2.75) is 12.8 Å². The predicted molar refractivity (Wildman–Crippen MR) is 42.4 cm³/mol. The number of aliphatic hydroxyl groups is 1. The average Bonchev–Trinajstić information content (AvgIpc) is 2.12. The summed E-state index contributed by atoms with van der Waals surface area (Å²) in [5, 5.41) is 8.30. The lowest BCUT2D eigenvalue weighted by Gasteiger charge is -2.02. The SMILES string of the molecule is CNOC(=O)CCC(=O)OCCO. The molecule has 0 rings (SSSR count). The summed E-state index contributed by atoms with van der Waals surface area (Å²) < 4.78 is 4.50. The lowest BCUT2D eigenvalue weighted by molar-refractivity contribution is -0.154. The number of hydroxylamine groups is 1. The smallest absolute Gasteiger partial charge is 0.325 e. The van der Waals surface area contributed by atoms with Crippen molar-refractivity contribution in [2.24, 2.45) is 0 Å². The second-order valence-electron chi connectivity index (χ2n) is 2.12. The molecule has 0 unspecified atom stereocenters. The first-order chi connectivity index (χ1) is 6.20. The molecule has 0 aliphatic carbocycles. The van der Waals surface area contributed by atoms with Crippen LogP contribution in [0.1, 0.15) is 12.8 Å². The van der Waals surface area contributed by atoms with E-state index in [1.807, 2.05) is 0 Å². The van der Waals surface area contributed by atoms with E-state index in [0.717, 1.165) is 0 Å². The summed E-state index contributed by atoms with van der Waals surface area (Å²) in [5.74, 6) is -1.05. The first-order valence-corrected chi connectivity index (χ1v) is 3.83. The summed E-state index contributed by atoms with van der Waals surface area (Å²) in [5.41, 5.74) is 2.19. The normalized spacial score (nSPS) is 9.38. The van der Waals surface area contributed by atoms with Gasteiger partial charge in [0.2, 0.25) is 0 Å². The van der Waals surface area contributed by atoms with E-state index in [0.29, 0.717) is 0 Å². The largest absolute Gasteiger partial charge is 0.463 e. The maximum Gasteiger partial charge on any atom is 0.325 e. The van der Waals surface area contributed by atoms with E-state index in [9.17, 15) is 9.59 Å². The highest BCUT2D eigenvalue weighted by Gasteiger charge is 2.08. The average molecular weight is 191 g/mol. The topological polar surface area (TPSA) is 84.9 Å². The molecule has 6 nitrogen and oxygen atoms in total. The van der Waals surface area contributed by atoms with Crippen LogP contribution in [0.15, 0.2) is 0 Å². The zero-order chi connectivity index (χ0) is 10.1. The standard InChI is InChI=1S/C7H13NO5/c1-8-13-7(11)3-2-6(10)12-5-4-9/h8-9H,2-5H2,1H3. The van der Waals surface area contributed by atoms with Crippen LogP contribution in [0.3, 0.4) is 0 Å². The summed E-state index contributed by atoms with van der Waals surface area (Å²) >= 11 is 0. The lowest BCUT2D eigenvalue weighted by atomic mass is 10.3. The van der Waals surface area contributed by atoms with Gasteiger partial charge in [-0.3, -0.25) is 9.59 Å². The van der Waals surface area contributed by atoms with Crippen molar-refractivity contribution < 1.29 is 24.3 Å². The van der Waals surface area contributed by atoms with Gasteiger partial charge in [-0.25, -0.2) is 0 Å². The molecule has 0 aromatic rings. The van der Waals surface area contributed by atoms with Gasteiger partial charge in [0.05, 0.1) is 19.4 Å². The fourth-order valence-corrected chi connectivity index (χ4v) is 0.601. The molecule has 0 aromatic heterocycles. The van der Waals surface area contributed by atoms with Gasteiger partial charge in [0.1, 0.15) is 6.61 Å². The molecular formula is C7H13NO5. The van der Waals surface area contributed by atoms with E-state index in [1.165, 1.54) is 7.05 Å². The van der Waals surface area contributed by atoms with Crippen LogP contribution in [-0.2, 0) is 19.2 Å². The summed E-state index contributed by atoms with van der Waals surface area (Å²) in [6.45, 7) is -0.257. The van der Waals surface area contributed by atoms with Crippen LogP contribution in [0, 0.1) is 0 Å². The highest BCUT2D eigenvalue weighted by molar-refractivity contribution is 5.77. The first-order valence-electron chi connectivity index (χ1n) is 3.83. The van der Waals surface area contributed by atoms with Crippen molar-refractivity contribution in [1.82, 2.24) is 5.48 Å². The van der Waals surface area contributed by atoms with Crippen molar-refractivity contribution in [1.29, 1.82) is 0 Å². The van der Waals surface area contributed by atoms with Gasteiger partial charge in [0.15, 0.2) is 0 Å². The van der Waals surface area contributed by atoms with Crippen molar-refractivity contribution in [3.05, 3.63) is 0 Å². The fourth-order valence-electron chi connectivity index (χ4n) is 0.601. The van der Waals surface area contributed by atoms with Crippen molar-refractivity contribution >= 4 is 11.9 Å². The van der Waals surface area contributed by atoms with E-state index in [1.54, 1.807) is 0 Å². The highest BCUT2D eigenvalue weighted by atomic mass is 16.7. The van der Waals surface area contributed by atoms with Gasteiger partial charge in [-0.05, 0) is 0 Å². The predicted octanol–water partition coefficient (Wildman–Crippen LogP) is -1.02. The summed E-state index contributed by atoms with van der Waals surface area (Å²) in [6.07, 6.45) is -0.0778. The van der Waals surface area contributed by atoms with Gasteiger partial charge in [-0.2, -0.15) is 5.48 Å². The van der Waals surface area contributed by atoms with Gasteiger partial charge >= 0.3 is 11.9 Å².